The second kappa shape index (κ2) is 7.53. The Morgan fingerprint density at radius 3 is 2.10 bits per heavy atom. The molecule has 3 nitrogen and oxygen atoms in total. The molecular weight excluding hydrogens is 272 g/mol. The molecular formula is C16H27ClN2O. The molecule has 0 fully saturated rings. The third kappa shape index (κ3) is 8.05. The maximum atomic E-state index is 11.9. The summed E-state index contributed by atoms with van der Waals surface area (Å²) in [6.07, 6.45) is 0.942. The third-order valence-corrected chi connectivity index (χ3v) is 2.68. The lowest BCUT2D eigenvalue weighted by Gasteiger charge is -2.33. The molecule has 0 saturated carbocycles. The molecule has 0 atom stereocenters. The van der Waals surface area contributed by atoms with Crippen molar-refractivity contribution in [2.75, 3.05) is 11.9 Å². The van der Waals surface area contributed by atoms with Crippen molar-refractivity contribution >= 4 is 24.0 Å². The van der Waals surface area contributed by atoms with Crippen LogP contribution in [0.4, 0.5) is 5.69 Å². The molecule has 0 bridgehead atoms. The van der Waals surface area contributed by atoms with Gasteiger partial charge in [-0.1, -0.05) is 39.0 Å². The second-order valence-electron chi connectivity index (χ2n) is 6.89. The zero-order valence-corrected chi connectivity index (χ0v) is 13.9. The molecule has 1 aromatic rings. The Labute approximate surface area is 128 Å². The van der Waals surface area contributed by atoms with Crippen molar-refractivity contribution in [3.05, 3.63) is 30.3 Å². The van der Waals surface area contributed by atoms with E-state index in [0.717, 1.165) is 12.1 Å². The molecule has 0 aromatic heterocycles. The average molecular weight is 299 g/mol. The van der Waals surface area contributed by atoms with E-state index in [1.807, 2.05) is 30.3 Å². The number of para-hydroxylation sites is 1. The first-order valence-electron chi connectivity index (χ1n) is 6.78. The predicted octanol–water partition coefficient (Wildman–Crippen LogP) is 3.85. The fraction of sp³-hybridized carbons (Fsp3) is 0.562. The van der Waals surface area contributed by atoms with Crippen LogP contribution in [0.25, 0.3) is 0 Å². The Hall–Kier alpha value is -1.22. The summed E-state index contributed by atoms with van der Waals surface area (Å²) in [6.45, 7) is 11.0. The van der Waals surface area contributed by atoms with Gasteiger partial charge in [-0.25, -0.2) is 0 Å². The van der Waals surface area contributed by atoms with E-state index in [1.165, 1.54) is 0 Å². The summed E-state index contributed by atoms with van der Waals surface area (Å²) in [4.78, 5) is 11.9. The lowest BCUT2D eigenvalue weighted by atomic mass is 9.82. The summed E-state index contributed by atoms with van der Waals surface area (Å²) >= 11 is 0. The monoisotopic (exact) mass is 298 g/mol. The lowest BCUT2D eigenvalue weighted by Crippen LogP contribution is -2.47. The Kier molecular flexibility index (Phi) is 7.07. The number of anilines is 1. The number of hydrogen-bond acceptors (Lipinski definition) is 2. The van der Waals surface area contributed by atoms with Gasteiger partial charge in [0.15, 0.2) is 0 Å². The summed E-state index contributed by atoms with van der Waals surface area (Å²) < 4.78 is 0. The molecule has 0 unspecified atom stereocenters. The molecule has 0 spiro atoms. The maximum absolute atomic E-state index is 11.9. The van der Waals surface area contributed by atoms with Gasteiger partial charge in [0.1, 0.15) is 0 Å². The first-order valence-corrected chi connectivity index (χ1v) is 6.78. The second-order valence-corrected chi connectivity index (χ2v) is 6.89. The molecule has 1 aromatic carbocycles. The number of carbonyl (C=O) groups is 1. The Balaban J connectivity index is 0.00000361. The standard InChI is InChI=1S/C16H26N2O.ClH/c1-15(2,3)12-16(4,5)18-14(19)11-17-13-9-7-6-8-10-13;/h6-10,17H,11-12H2,1-5H3,(H,18,19);1H. The van der Waals surface area contributed by atoms with Crippen LogP contribution in [-0.2, 0) is 4.79 Å². The highest BCUT2D eigenvalue weighted by atomic mass is 35.5. The SMILES string of the molecule is CC(C)(C)CC(C)(C)NC(=O)CNc1ccccc1.Cl. The quantitative estimate of drug-likeness (QED) is 0.867. The van der Waals surface area contributed by atoms with E-state index in [4.69, 9.17) is 0 Å². The topological polar surface area (TPSA) is 41.1 Å². The summed E-state index contributed by atoms with van der Waals surface area (Å²) in [5.41, 5.74) is 0.975. The molecule has 20 heavy (non-hydrogen) atoms. The number of halogens is 1. The fourth-order valence-corrected chi connectivity index (χ4v) is 2.53. The summed E-state index contributed by atoms with van der Waals surface area (Å²) in [5, 5.41) is 6.20. The van der Waals surface area contributed by atoms with Crippen LogP contribution in [0.2, 0.25) is 0 Å². The minimum absolute atomic E-state index is 0. The lowest BCUT2D eigenvalue weighted by molar-refractivity contribution is -0.121. The number of benzene rings is 1. The Morgan fingerprint density at radius 2 is 1.60 bits per heavy atom. The average Bonchev–Trinajstić information content (AvgIpc) is 2.23. The summed E-state index contributed by atoms with van der Waals surface area (Å²) in [7, 11) is 0. The van der Waals surface area contributed by atoms with E-state index in [9.17, 15) is 4.79 Å². The Morgan fingerprint density at radius 1 is 1.05 bits per heavy atom. The van der Waals surface area contributed by atoms with Gasteiger partial charge in [0.05, 0.1) is 6.54 Å². The van der Waals surface area contributed by atoms with Crippen molar-refractivity contribution in [3.63, 3.8) is 0 Å². The van der Waals surface area contributed by atoms with Crippen molar-refractivity contribution in [3.8, 4) is 0 Å². The minimum Gasteiger partial charge on any atom is -0.376 e. The van der Waals surface area contributed by atoms with Gasteiger partial charge in [0.2, 0.25) is 5.91 Å². The highest BCUT2D eigenvalue weighted by Gasteiger charge is 2.26. The zero-order chi connectivity index (χ0) is 14.5. The molecule has 4 heteroatoms. The summed E-state index contributed by atoms with van der Waals surface area (Å²) in [6, 6.07) is 9.76. The van der Waals surface area contributed by atoms with Gasteiger partial charge < -0.3 is 10.6 Å². The van der Waals surface area contributed by atoms with Gasteiger partial charge in [-0.2, -0.15) is 0 Å². The molecule has 0 aliphatic heterocycles. The molecule has 1 amide bonds. The van der Waals surface area contributed by atoms with E-state index >= 15 is 0 Å². The van der Waals surface area contributed by atoms with Crippen molar-refractivity contribution in [2.24, 2.45) is 5.41 Å². The molecule has 0 radical (unpaired) electrons. The fourth-order valence-electron chi connectivity index (χ4n) is 2.53. The van der Waals surface area contributed by atoms with Gasteiger partial charge in [0.25, 0.3) is 0 Å². The smallest absolute Gasteiger partial charge is 0.239 e. The first kappa shape index (κ1) is 18.8. The summed E-state index contributed by atoms with van der Waals surface area (Å²) in [5.74, 6) is 0.0260. The van der Waals surface area contributed by atoms with Gasteiger partial charge in [-0.05, 0) is 37.8 Å². The number of hydrogen-bond donors (Lipinski definition) is 2. The molecule has 0 aliphatic rings. The van der Waals surface area contributed by atoms with E-state index in [-0.39, 0.29) is 29.3 Å². The van der Waals surface area contributed by atoms with Gasteiger partial charge in [0, 0.05) is 11.2 Å². The van der Waals surface area contributed by atoms with Crippen molar-refractivity contribution in [2.45, 2.75) is 46.6 Å². The van der Waals surface area contributed by atoms with E-state index in [2.05, 4.69) is 45.3 Å². The minimum atomic E-state index is -0.187. The van der Waals surface area contributed by atoms with Crippen LogP contribution >= 0.6 is 12.4 Å². The van der Waals surface area contributed by atoms with Crippen LogP contribution < -0.4 is 10.6 Å². The van der Waals surface area contributed by atoms with Crippen molar-refractivity contribution < 1.29 is 4.79 Å². The van der Waals surface area contributed by atoms with Crippen molar-refractivity contribution in [1.82, 2.24) is 5.32 Å². The Bertz CT molecular complexity index is 410. The van der Waals surface area contributed by atoms with Crippen LogP contribution in [0, 0.1) is 5.41 Å². The largest absolute Gasteiger partial charge is 0.376 e. The maximum Gasteiger partial charge on any atom is 0.239 e. The molecule has 114 valence electrons. The number of nitrogens with one attached hydrogen (secondary N) is 2. The predicted molar refractivity (Wildman–Crippen MR) is 88.5 cm³/mol. The van der Waals surface area contributed by atoms with Gasteiger partial charge in [-0.3, -0.25) is 4.79 Å². The van der Waals surface area contributed by atoms with Crippen LogP contribution in [0.3, 0.4) is 0 Å². The highest BCUT2D eigenvalue weighted by molar-refractivity contribution is 5.85. The number of carbonyl (C=O) groups excluding carboxylic acids is 1. The highest BCUT2D eigenvalue weighted by Crippen LogP contribution is 2.26. The molecule has 0 heterocycles. The van der Waals surface area contributed by atoms with Crippen molar-refractivity contribution in [1.29, 1.82) is 0 Å². The molecule has 1 rings (SSSR count). The third-order valence-electron chi connectivity index (χ3n) is 2.68. The van der Waals surface area contributed by atoms with Gasteiger partial charge in [-0.15, -0.1) is 12.4 Å². The van der Waals surface area contributed by atoms with Crippen LogP contribution in [0.1, 0.15) is 41.0 Å². The van der Waals surface area contributed by atoms with Crippen LogP contribution in [-0.4, -0.2) is 18.0 Å². The molecule has 0 saturated heterocycles. The molecule has 0 aliphatic carbocycles. The van der Waals surface area contributed by atoms with E-state index in [1.54, 1.807) is 0 Å². The first-order chi connectivity index (χ1) is 8.68. The number of amides is 1. The van der Waals surface area contributed by atoms with E-state index in [0.29, 0.717) is 6.54 Å². The normalized spacial score (nSPS) is 11.4. The van der Waals surface area contributed by atoms with E-state index < -0.39 is 0 Å². The zero-order valence-electron chi connectivity index (χ0n) is 13.1. The molecule has 2 N–H and O–H groups in total. The van der Waals surface area contributed by atoms with Crippen LogP contribution in [0.5, 0.6) is 0 Å². The van der Waals surface area contributed by atoms with Gasteiger partial charge >= 0.3 is 0 Å². The number of rotatable bonds is 5. The van der Waals surface area contributed by atoms with Crippen LogP contribution in [0.15, 0.2) is 30.3 Å².